The highest BCUT2D eigenvalue weighted by molar-refractivity contribution is 5.92. The van der Waals surface area contributed by atoms with E-state index in [-0.39, 0.29) is 24.3 Å². The first kappa shape index (κ1) is 24.8. The van der Waals surface area contributed by atoms with Gasteiger partial charge in [0.25, 0.3) is 0 Å². The van der Waals surface area contributed by atoms with Crippen LogP contribution in [-0.2, 0) is 19.2 Å². The fourth-order valence-corrected chi connectivity index (χ4v) is 2.27. The first-order valence-electron chi connectivity index (χ1n) is 9.28. The zero-order chi connectivity index (χ0) is 21.3. The third kappa shape index (κ3) is 8.38. The number of hydrogen-bond acceptors (Lipinski definition) is 5. The number of carbonyl (C=O) groups excluding carboxylic acids is 3. The van der Waals surface area contributed by atoms with Gasteiger partial charge < -0.3 is 26.8 Å². The Morgan fingerprint density at radius 3 is 1.85 bits per heavy atom. The molecule has 0 radical (unpaired) electrons. The molecule has 0 saturated carbocycles. The Bertz CT molecular complexity index is 536. The normalized spacial score (nSPS) is 15.6. The van der Waals surface area contributed by atoms with E-state index in [1.54, 1.807) is 34.6 Å². The molecular formula is C18H34N4O5. The van der Waals surface area contributed by atoms with E-state index in [1.165, 1.54) is 0 Å². The van der Waals surface area contributed by atoms with E-state index in [9.17, 15) is 24.3 Å². The lowest BCUT2D eigenvalue weighted by atomic mass is 9.96. The van der Waals surface area contributed by atoms with Crippen molar-refractivity contribution < 1.29 is 24.3 Å². The van der Waals surface area contributed by atoms with Gasteiger partial charge in [-0.15, -0.1) is 0 Å². The van der Waals surface area contributed by atoms with E-state index in [0.717, 1.165) is 0 Å². The van der Waals surface area contributed by atoms with Crippen LogP contribution in [0.2, 0.25) is 0 Å². The van der Waals surface area contributed by atoms with Crippen LogP contribution in [0.15, 0.2) is 0 Å². The number of aliphatic carboxylic acids is 1. The van der Waals surface area contributed by atoms with Gasteiger partial charge in [0.05, 0.1) is 12.6 Å². The average Bonchev–Trinajstić information content (AvgIpc) is 2.59. The quantitative estimate of drug-likeness (QED) is 0.333. The van der Waals surface area contributed by atoms with E-state index in [2.05, 4.69) is 16.0 Å². The van der Waals surface area contributed by atoms with Gasteiger partial charge in [0.2, 0.25) is 17.7 Å². The predicted octanol–water partition coefficient (Wildman–Crippen LogP) is -0.158. The molecule has 0 aromatic carbocycles. The highest BCUT2D eigenvalue weighted by Crippen LogP contribution is 2.10. The number of carboxylic acid groups (broad SMARTS) is 1. The molecule has 0 aliphatic carbocycles. The van der Waals surface area contributed by atoms with Crippen LogP contribution in [0.5, 0.6) is 0 Å². The summed E-state index contributed by atoms with van der Waals surface area (Å²) >= 11 is 0. The number of carboxylic acids is 1. The highest BCUT2D eigenvalue weighted by Gasteiger charge is 2.31. The molecule has 0 aromatic rings. The molecular weight excluding hydrogens is 352 g/mol. The molecule has 0 fully saturated rings. The van der Waals surface area contributed by atoms with E-state index in [0.29, 0.717) is 6.42 Å². The van der Waals surface area contributed by atoms with Crippen molar-refractivity contribution in [2.45, 2.75) is 66.1 Å². The lowest BCUT2D eigenvalue weighted by Gasteiger charge is -2.26. The molecule has 9 heteroatoms. The Labute approximate surface area is 160 Å². The number of nitrogens with one attached hydrogen (secondary N) is 3. The minimum Gasteiger partial charge on any atom is -0.480 e. The van der Waals surface area contributed by atoms with Crippen molar-refractivity contribution in [1.29, 1.82) is 0 Å². The molecule has 6 N–H and O–H groups in total. The van der Waals surface area contributed by atoms with Crippen LogP contribution in [-0.4, -0.2) is 53.5 Å². The Hall–Kier alpha value is -2.16. The van der Waals surface area contributed by atoms with Crippen molar-refractivity contribution in [2.75, 3.05) is 6.54 Å². The minimum absolute atomic E-state index is 0.0734. The maximum absolute atomic E-state index is 12.5. The molecule has 0 spiro atoms. The number of amides is 3. The monoisotopic (exact) mass is 386 g/mol. The van der Waals surface area contributed by atoms with Crippen LogP contribution in [0.3, 0.4) is 0 Å². The van der Waals surface area contributed by atoms with Crippen LogP contribution in [0, 0.1) is 17.8 Å². The van der Waals surface area contributed by atoms with Crippen LogP contribution in [0.1, 0.15) is 48.0 Å². The Balaban J connectivity index is 4.96. The maximum Gasteiger partial charge on any atom is 0.326 e. The van der Waals surface area contributed by atoms with Gasteiger partial charge in [-0.2, -0.15) is 0 Å². The van der Waals surface area contributed by atoms with Gasteiger partial charge in [-0.1, -0.05) is 48.0 Å². The van der Waals surface area contributed by atoms with Crippen LogP contribution in [0.4, 0.5) is 0 Å². The summed E-state index contributed by atoms with van der Waals surface area (Å²) in [5.41, 5.74) is 5.71. The SMILES string of the molecule is CCC(C)C(NC(=O)CNC(=O)C(N)C(C)C)C(=O)NC(C(=O)O)C(C)C. The first-order valence-corrected chi connectivity index (χ1v) is 9.28. The summed E-state index contributed by atoms with van der Waals surface area (Å²) in [4.78, 5) is 47.8. The second-order valence-corrected chi connectivity index (χ2v) is 7.49. The standard InChI is InChI=1S/C18H34N4O5/c1-7-11(6)15(17(25)22-14(10(4)5)18(26)27)21-12(23)8-20-16(24)13(19)9(2)3/h9-11,13-15H,7-8,19H2,1-6H3,(H,20,24)(H,21,23)(H,22,25)(H,26,27). The molecule has 0 bridgehead atoms. The van der Waals surface area contributed by atoms with Crippen molar-refractivity contribution in [3.63, 3.8) is 0 Å². The topological polar surface area (TPSA) is 151 Å². The fourth-order valence-electron chi connectivity index (χ4n) is 2.27. The van der Waals surface area contributed by atoms with Gasteiger partial charge in [0.15, 0.2) is 0 Å². The van der Waals surface area contributed by atoms with Crippen LogP contribution in [0.25, 0.3) is 0 Å². The lowest BCUT2D eigenvalue weighted by molar-refractivity contribution is -0.143. The van der Waals surface area contributed by atoms with E-state index < -0.39 is 41.8 Å². The van der Waals surface area contributed by atoms with E-state index >= 15 is 0 Å². The fraction of sp³-hybridized carbons (Fsp3) is 0.778. The first-order chi connectivity index (χ1) is 12.4. The largest absolute Gasteiger partial charge is 0.480 e. The summed E-state index contributed by atoms with van der Waals surface area (Å²) in [6.07, 6.45) is 0.600. The number of carbonyl (C=O) groups is 4. The second-order valence-electron chi connectivity index (χ2n) is 7.49. The summed E-state index contributed by atoms with van der Waals surface area (Å²) in [5, 5.41) is 16.7. The van der Waals surface area contributed by atoms with Crippen molar-refractivity contribution in [1.82, 2.24) is 16.0 Å². The zero-order valence-corrected chi connectivity index (χ0v) is 17.0. The molecule has 3 amide bonds. The van der Waals surface area contributed by atoms with E-state index in [4.69, 9.17) is 5.73 Å². The molecule has 0 heterocycles. The summed E-state index contributed by atoms with van der Waals surface area (Å²) in [7, 11) is 0. The number of hydrogen-bond donors (Lipinski definition) is 5. The Kier molecular flexibility index (Phi) is 10.6. The van der Waals surface area contributed by atoms with Gasteiger partial charge in [0.1, 0.15) is 12.1 Å². The molecule has 0 rings (SSSR count). The van der Waals surface area contributed by atoms with Gasteiger partial charge in [-0.25, -0.2) is 4.79 Å². The minimum atomic E-state index is -1.14. The van der Waals surface area contributed by atoms with Crippen molar-refractivity contribution in [2.24, 2.45) is 23.5 Å². The highest BCUT2D eigenvalue weighted by atomic mass is 16.4. The molecule has 0 saturated heterocycles. The predicted molar refractivity (Wildman–Crippen MR) is 102 cm³/mol. The summed E-state index contributed by atoms with van der Waals surface area (Å²) in [6.45, 7) is 10.3. The van der Waals surface area contributed by atoms with Gasteiger partial charge in [-0.3, -0.25) is 14.4 Å². The molecule has 27 heavy (non-hydrogen) atoms. The molecule has 0 aliphatic rings. The molecule has 0 aliphatic heterocycles. The van der Waals surface area contributed by atoms with Crippen molar-refractivity contribution in [3.8, 4) is 0 Å². The van der Waals surface area contributed by atoms with Crippen molar-refractivity contribution >= 4 is 23.7 Å². The number of rotatable bonds is 11. The summed E-state index contributed by atoms with van der Waals surface area (Å²) in [6, 6.07) is -2.68. The Morgan fingerprint density at radius 2 is 1.44 bits per heavy atom. The average molecular weight is 386 g/mol. The summed E-state index contributed by atoms with van der Waals surface area (Å²) in [5.74, 6) is -3.30. The number of nitrogens with two attached hydrogens (primary N) is 1. The van der Waals surface area contributed by atoms with Crippen LogP contribution < -0.4 is 21.7 Å². The van der Waals surface area contributed by atoms with Gasteiger partial charge in [-0.05, 0) is 17.8 Å². The second kappa shape index (κ2) is 11.5. The molecule has 4 unspecified atom stereocenters. The zero-order valence-electron chi connectivity index (χ0n) is 17.0. The Morgan fingerprint density at radius 1 is 0.889 bits per heavy atom. The summed E-state index contributed by atoms with van der Waals surface area (Å²) < 4.78 is 0. The van der Waals surface area contributed by atoms with Gasteiger partial charge >= 0.3 is 5.97 Å². The lowest BCUT2D eigenvalue weighted by Crippen LogP contribution is -2.56. The maximum atomic E-state index is 12.5. The molecule has 0 aromatic heterocycles. The van der Waals surface area contributed by atoms with E-state index in [1.807, 2.05) is 6.92 Å². The smallest absolute Gasteiger partial charge is 0.326 e. The third-order valence-corrected chi connectivity index (χ3v) is 4.49. The molecule has 9 nitrogen and oxygen atoms in total. The molecule has 156 valence electrons. The molecule has 4 atom stereocenters. The third-order valence-electron chi connectivity index (χ3n) is 4.49. The van der Waals surface area contributed by atoms with Crippen LogP contribution >= 0.6 is 0 Å². The van der Waals surface area contributed by atoms with Crippen molar-refractivity contribution in [3.05, 3.63) is 0 Å². The van der Waals surface area contributed by atoms with Gasteiger partial charge in [0, 0.05) is 0 Å².